The minimum Gasteiger partial charge on any atom is -0.478 e. The van der Waals surface area contributed by atoms with Crippen molar-refractivity contribution in [1.29, 1.82) is 0 Å². The number of hydrogen-bond donors (Lipinski definition) is 3. The number of nitrogens with one attached hydrogen (secondary N) is 1. The van der Waals surface area contributed by atoms with E-state index in [9.17, 15) is 9.59 Å². The number of carbonyl (C=O) groups is 2. The highest BCUT2D eigenvalue weighted by Crippen LogP contribution is 2.15. The molecule has 1 amide bonds. The predicted molar refractivity (Wildman–Crippen MR) is 65.0 cm³/mol. The van der Waals surface area contributed by atoms with Crippen LogP contribution >= 0.6 is 0 Å². The van der Waals surface area contributed by atoms with E-state index in [1.54, 1.807) is 19.1 Å². The number of amides is 1. The highest BCUT2D eigenvalue weighted by molar-refractivity contribution is 5.96. The van der Waals surface area contributed by atoms with E-state index in [-0.39, 0.29) is 11.5 Å². The zero-order chi connectivity index (χ0) is 13.0. The summed E-state index contributed by atoms with van der Waals surface area (Å²) >= 11 is 0. The first kappa shape index (κ1) is 13.2. The average Bonchev–Trinajstić information content (AvgIpc) is 2.27. The molecule has 1 aromatic rings. The van der Waals surface area contributed by atoms with Gasteiger partial charge in [0.25, 0.3) is 0 Å². The number of aromatic carboxylic acids is 1. The van der Waals surface area contributed by atoms with E-state index < -0.39 is 12.0 Å². The summed E-state index contributed by atoms with van der Waals surface area (Å²) in [7, 11) is 0. The van der Waals surface area contributed by atoms with Gasteiger partial charge in [-0.15, -0.1) is 0 Å². The Morgan fingerprint density at radius 1 is 1.47 bits per heavy atom. The Bertz CT molecular complexity index is 443. The molecule has 0 aliphatic carbocycles. The molecule has 17 heavy (non-hydrogen) atoms. The van der Waals surface area contributed by atoms with Crippen molar-refractivity contribution in [3.8, 4) is 0 Å². The SMILES string of the molecule is CC[C@@H](N)C(=O)Nc1ccc(C(=O)O)c(C)c1. The number of carboxylic acids is 1. The number of hydrogen-bond acceptors (Lipinski definition) is 3. The molecule has 0 aliphatic rings. The van der Waals surface area contributed by atoms with Gasteiger partial charge < -0.3 is 16.2 Å². The van der Waals surface area contributed by atoms with Gasteiger partial charge in [0.05, 0.1) is 11.6 Å². The zero-order valence-corrected chi connectivity index (χ0v) is 9.86. The second-order valence-corrected chi connectivity index (χ2v) is 3.84. The maximum absolute atomic E-state index is 11.5. The summed E-state index contributed by atoms with van der Waals surface area (Å²) in [5.41, 5.74) is 6.95. The minimum absolute atomic E-state index is 0.225. The molecule has 0 aromatic heterocycles. The predicted octanol–water partition coefficient (Wildman–Crippen LogP) is 1.37. The molecule has 92 valence electrons. The highest BCUT2D eigenvalue weighted by Gasteiger charge is 2.12. The van der Waals surface area contributed by atoms with Crippen LogP contribution in [0.5, 0.6) is 0 Å². The summed E-state index contributed by atoms with van der Waals surface area (Å²) in [6.07, 6.45) is 0.554. The fourth-order valence-corrected chi connectivity index (χ4v) is 1.40. The van der Waals surface area contributed by atoms with Gasteiger partial charge in [-0.1, -0.05) is 6.92 Å². The molecule has 5 heteroatoms. The van der Waals surface area contributed by atoms with Gasteiger partial charge >= 0.3 is 5.97 Å². The van der Waals surface area contributed by atoms with Gasteiger partial charge in [-0.25, -0.2) is 4.79 Å². The second-order valence-electron chi connectivity index (χ2n) is 3.84. The molecule has 4 N–H and O–H groups in total. The molecule has 0 heterocycles. The maximum Gasteiger partial charge on any atom is 0.335 e. The van der Waals surface area contributed by atoms with Gasteiger partial charge in [0.1, 0.15) is 0 Å². The number of rotatable bonds is 4. The monoisotopic (exact) mass is 236 g/mol. The van der Waals surface area contributed by atoms with Crippen LogP contribution in [0.3, 0.4) is 0 Å². The molecule has 0 aliphatic heterocycles. The van der Waals surface area contributed by atoms with Crippen LogP contribution in [0.1, 0.15) is 29.3 Å². The summed E-state index contributed by atoms with van der Waals surface area (Å²) in [5.74, 6) is -1.25. The summed E-state index contributed by atoms with van der Waals surface area (Å²) in [6.45, 7) is 3.50. The number of anilines is 1. The molecule has 1 rings (SSSR count). The van der Waals surface area contributed by atoms with E-state index in [4.69, 9.17) is 10.8 Å². The van der Waals surface area contributed by atoms with Crippen LogP contribution in [0.2, 0.25) is 0 Å². The highest BCUT2D eigenvalue weighted by atomic mass is 16.4. The van der Waals surface area contributed by atoms with Crippen molar-refractivity contribution in [2.24, 2.45) is 5.73 Å². The number of aryl methyl sites for hydroxylation is 1. The first-order valence-electron chi connectivity index (χ1n) is 5.36. The molecule has 0 bridgehead atoms. The Labute approximate surface area is 99.6 Å². The van der Waals surface area contributed by atoms with Crippen molar-refractivity contribution in [2.75, 3.05) is 5.32 Å². The number of nitrogens with two attached hydrogens (primary N) is 1. The Hall–Kier alpha value is -1.88. The lowest BCUT2D eigenvalue weighted by Crippen LogP contribution is -2.34. The number of carbonyl (C=O) groups excluding carboxylic acids is 1. The van der Waals surface area contributed by atoms with E-state index in [2.05, 4.69) is 5.32 Å². The molecule has 1 atom stereocenters. The third kappa shape index (κ3) is 3.29. The van der Waals surface area contributed by atoms with Gasteiger partial charge in [0.2, 0.25) is 5.91 Å². The lowest BCUT2D eigenvalue weighted by Gasteiger charge is -2.11. The Morgan fingerprint density at radius 3 is 2.59 bits per heavy atom. The van der Waals surface area contributed by atoms with E-state index in [0.29, 0.717) is 17.7 Å². The fourth-order valence-electron chi connectivity index (χ4n) is 1.40. The molecule has 0 radical (unpaired) electrons. The van der Waals surface area contributed by atoms with Gasteiger partial charge in [0.15, 0.2) is 0 Å². The summed E-state index contributed by atoms with van der Waals surface area (Å²) in [6, 6.07) is 4.08. The van der Waals surface area contributed by atoms with Crippen molar-refractivity contribution < 1.29 is 14.7 Å². The molecule has 0 saturated heterocycles. The quantitative estimate of drug-likeness (QED) is 0.736. The number of benzene rings is 1. The molecular formula is C12H16N2O3. The van der Waals surface area contributed by atoms with E-state index in [1.807, 2.05) is 6.92 Å². The fraction of sp³-hybridized carbons (Fsp3) is 0.333. The first-order valence-corrected chi connectivity index (χ1v) is 5.36. The Morgan fingerprint density at radius 2 is 2.12 bits per heavy atom. The lowest BCUT2D eigenvalue weighted by atomic mass is 10.1. The molecular weight excluding hydrogens is 220 g/mol. The van der Waals surface area contributed by atoms with Gasteiger partial charge in [0, 0.05) is 5.69 Å². The van der Waals surface area contributed by atoms with Crippen LogP contribution < -0.4 is 11.1 Å². The van der Waals surface area contributed by atoms with E-state index in [1.165, 1.54) is 6.07 Å². The molecule has 0 unspecified atom stereocenters. The standard InChI is InChI=1S/C12H16N2O3/c1-3-10(13)11(15)14-8-4-5-9(12(16)17)7(2)6-8/h4-6,10H,3,13H2,1-2H3,(H,14,15)(H,16,17)/t10-/m1/s1. The normalized spacial score (nSPS) is 11.9. The smallest absolute Gasteiger partial charge is 0.335 e. The third-order valence-electron chi connectivity index (χ3n) is 2.50. The van der Waals surface area contributed by atoms with Gasteiger partial charge in [-0.05, 0) is 37.1 Å². The summed E-state index contributed by atoms with van der Waals surface area (Å²) in [5, 5.41) is 11.5. The molecule has 5 nitrogen and oxygen atoms in total. The van der Waals surface area contributed by atoms with Crippen molar-refractivity contribution >= 4 is 17.6 Å². The minimum atomic E-state index is -0.981. The Balaban J connectivity index is 2.84. The molecule has 1 aromatic carbocycles. The lowest BCUT2D eigenvalue weighted by molar-refractivity contribution is -0.117. The Kier molecular flexibility index (Phi) is 4.23. The summed E-state index contributed by atoms with van der Waals surface area (Å²) in [4.78, 5) is 22.3. The van der Waals surface area contributed by atoms with E-state index in [0.717, 1.165) is 0 Å². The second kappa shape index (κ2) is 5.45. The zero-order valence-electron chi connectivity index (χ0n) is 9.86. The molecule has 0 fully saturated rings. The first-order chi connectivity index (χ1) is 7.95. The third-order valence-corrected chi connectivity index (χ3v) is 2.50. The van der Waals surface area contributed by atoms with Crippen LogP contribution in [0.25, 0.3) is 0 Å². The van der Waals surface area contributed by atoms with Crippen molar-refractivity contribution in [3.63, 3.8) is 0 Å². The summed E-state index contributed by atoms with van der Waals surface area (Å²) < 4.78 is 0. The number of carboxylic acid groups (broad SMARTS) is 1. The van der Waals surface area contributed by atoms with Gasteiger partial charge in [-0.3, -0.25) is 4.79 Å². The van der Waals surface area contributed by atoms with Gasteiger partial charge in [-0.2, -0.15) is 0 Å². The average molecular weight is 236 g/mol. The van der Waals surface area contributed by atoms with Crippen LogP contribution in [0.15, 0.2) is 18.2 Å². The van der Waals surface area contributed by atoms with Crippen LogP contribution in [-0.2, 0) is 4.79 Å². The van der Waals surface area contributed by atoms with E-state index >= 15 is 0 Å². The van der Waals surface area contributed by atoms with Crippen molar-refractivity contribution in [2.45, 2.75) is 26.3 Å². The van der Waals surface area contributed by atoms with Crippen molar-refractivity contribution in [3.05, 3.63) is 29.3 Å². The van der Waals surface area contributed by atoms with Crippen LogP contribution in [0.4, 0.5) is 5.69 Å². The molecule has 0 saturated carbocycles. The van der Waals surface area contributed by atoms with Crippen LogP contribution in [-0.4, -0.2) is 23.0 Å². The molecule has 0 spiro atoms. The van der Waals surface area contributed by atoms with Crippen LogP contribution in [0, 0.1) is 6.92 Å². The topological polar surface area (TPSA) is 92.4 Å². The van der Waals surface area contributed by atoms with Crippen molar-refractivity contribution in [1.82, 2.24) is 0 Å². The maximum atomic E-state index is 11.5. The largest absolute Gasteiger partial charge is 0.478 e.